The quantitative estimate of drug-likeness (QED) is 0.592. The van der Waals surface area contributed by atoms with E-state index in [9.17, 15) is 23.9 Å². The minimum Gasteiger partial charge on any atom is -0.380 e. The Balaban J connectivity index is 1.31. The van der Waals surface area contributed by atoms with E-state index in [1.165, 1.54) is 12.1 Å². The highest BCUT2D eigenvalue weighted by Gasteiger charge is 2.50. The summed E-state index contributed by atoms with van der Waals surface area (Å²) in [6.07, 6.45) is 1.01. The number of carbonyl (C=O) groups excluding carboxylic acids is 2. The summed E-state index contributed by atoms with van der Waals surface area (Å²) in [6.45, 7) is 1.59. The van der Waals surface area contributed by atoms with Crippen LogP contribution < -0.4 is 5.69 Å². The number of fused-ring (bicyclic) bond motifs is 1. The number of carbonyl (C=O) groups is 2. The van der Waals surface area contributed by atoms with Gasteiger partial charge in [0.2, 0.25) is 0 Å². The SMILES string of the molecule is O=C(c1ccc(-c2cc(F)cc3[nH]c(=O)[nH]c23)cc1)N1CCN(C(=O)C2(O)CC2)CC1. The Morgan fingerprint density at radius 1 is 0.968 bits per heavy atom. The Morgan fingerprint density at radius 3 is 2.26 bits per heavy atom. The summed E-state index contributed by atoms with van der Waals surface area (Å²) in [6, 6.07) is 9.37. The number of amides is 2. The molecule has 0 spiro atoms. The average Bonchev–Trinajstić information content (AvgIpc) is 3.42. The van der Waals surface area contributed by atoms with Gasteiger partial charge in [0.25, 0.3) is 11.8 Å². The number of benzene rings is 2. The normalized spacial score (nSPS) is 17.7. The van der Waals surface area contributed by atoms with Gasteiger partial charge in [-0.2, -0.15) is 0 Å². The number of halogens is 1. The van der Waals surface area contributed by atoms with Crippen LogP contribution in [-0.4, -0.2) is 68.5 Å². The first-order valence-corrected chi connectivity index (χ1v) is 10.2. The molecular formula is C22H21FN4O4. The molecule has 9 heteroatoms. The van der Waals surface area contributed by atoms with Crippen LogP contribution in [0.1, 0.15) is 23.2 Å². The van der Waals surface area contributed by atoms with Gasteiger partial charge in [0, 0.05) is 37.3 Å². The lowest BCUT2D eigenvalue weighted by atomic mass is 10.0. The third-order valence-electron chi connectivity index (χ3n) is 6.01. The molecule has 1 aromatic heterocycles. The van der Waals surface area contributed by atoms with Crippen molar-refractivity contribution < 1.29 is 19.1 Å². The molecule has 1 aliphatic heterocycles. The Kier molecular flexibility index (Phi) is 4.44. The van der Waals surface area contributed by atoms with E-state index in [4.69, 9.17) is 0 Å². The first kappa shape index (κ1) is 19.5. The summed E-state index contributed by atoms with van der Waals surface area (Å²) in [5, 5.41) is 9.99. The predicted molar refractivity (Wildman–Crippen MR) is 111 cm³/mol. The van der Waals surface area contributed by atoms with E-state index in [-0.39, 0.29) is 11.8 Å². The van der Waals surface area contributed by atoms with Gasteiger partial charge >= 0.3 is 5.69 Å². The standard InChI is InChI=1S/C22H21FN4O4/c23-15-11-16(18-17(12-15)24-21(30)25-18)13-1-3-14(4-2-13)19(28)26-7-9-27(10-8-26)20(29)22(31)5-6-22/h1-4,11-12,31H,5-10H2,(H2,24,25,30). The van der Waals surface area contributed by atoms with E-state index in [1.54, 1.807) is 34.1 Å². The van der Waals surface area contributed by atoms with Crippen molar-refractivity contribution in [2.75, 3.05) is 26.2 Å². The number of aliphatic hydroxyl groups is 1. The fraction of sp³-hybridized carbons (Fsp3) is 0.318. The maximum Gasteiger partial charge on any atom is 0.323 e. The van der Waals surface area contributed by atoms with Crippen molar-refractivity contribution >= 4 is 22.8 Å². The van der Waals surface area contributed by atoms with Crippen molar-refractivity contribution in [3.8, 4) is 11.1 Å². The third-order valence-corrected chi connectivity index (χ3v) is 6.01. The van der Waals surface area contributed by atoms with Crippen molar-refractivity contribution in [1.82, 2.24) is 19.8 Å². The van der Waals surface area contributed by atoms with Crippen molar-refractivity contribution in [1.29, 1.82) is 0 Å². The van der Waals surface area contributed by atoms with Gasteiger partial charge in [-0.05, 0) is 42.7 Å². The monoisotopic (exact) mass is 424 g/mol. The molecule has 5 rings (SSSR count). The van der Waals surface area contributed by atoms with Crippen LogP contribution in [0.25, 0.3) is 22.2 Å². The number of hydrogen-bond donors (Lipinski definition) is 3. The number of hydrogen-bond acceptors (Lipinski definition) is 4. The van der Waals surface area contributed by atoms with Crippen molar-refractivity contribution in [3.05, 3.63) is 58.3 Å². The third kappa shape index (κ3) is 3.50. The molecule has 0 radical (unpaired) electrons. The van der Waals surface area contributed by atoms with Crippen LogP contribution in [0.5, 0.6) is 0 Å². The number of nitrogens with one attached hydrogen (secondary N) is 2. The number of aromatic amines is 2. The number of nitrogens with zero attached hydrogens (tertiary/aromatic N) is 2. The van der Waals surface area contributed by atoms with Crippen LogP contribution in [0, 0.1) is 5.82 Å². The van der Waals surface area contributed by atoms with E-state index >= 15 is 0 Å². The zero-order chi connectivity index (χ0) is 21.8. The molecule has 8 nitrogen and oxygen atoms in total. The van der Waals surface area contributed by atoms with Crippen molar-refractivity contribution in [2.24, 2.45) is 0 Å². The van der Waals surface area contributed by atoms with E-state index in [0.717, 1.165) is 0 Å². The van der Waals surface area contributed by atoms with Crippen LogP contribution in [0.4, 0.5) is 4.39 Å². The lowest BCUT2D eigenvalue weighted by Gasteiger charge is -2.35. The van der Waals surface area contributed by atoms with Crippen molar-refractivity contribution in [2.45, 2.75) is 18.4 Å². The highest BCUT2D eigenvalue weighted by atomic mass is 19.1. The highest BCUT2D eigenvalue weighted by molar-refractivity contribution is 5.96. The molecule has 1 aliphatic carbocycles. The summed E-state index contributed by atoms with van der Waals surface area (Å²) < 4.78 is 14.0. The molecule has 0 atom stereocenters. The van der Waals surface area contributed by atoms with Crippen LogP contribution >= 0.6 is 0 Å². The van der Waals surface area contributed by atoms with Gasteiger partial charge in [0.05, 0.1) is 11.0 Å². The first-order chi connectivity index (χ1) is 14.8. The van der Waals surface area contributed by atoms with E-state index in [0.29, 0.717) is 66.7 Å². The number of piperazine rings is 1. The van der Waals surface area contributed by atoms with Crippen LogP contribution in [0.15, 0.2) is 41.2 Å². The van der Waals surface area contributed by atoms with Gasteiger partial charge < -0.3 is 24.9 Å². The van der Waals surface area contributed by atoms with Crippen LogP contribution in [0.3, 0.4) is 0 Å². The van der Waals surface area contributed by atoms with Gasteiger partial charge in [-0.1, -0.05) is 12.1 Å². The predicted octanol–water partition coefficient (Wildman–Crippen LogP) is 1.47. The molecule has 3 aromatic rings. The first-order valence-electron chi connectivity index (χ1n) is 10.2. The molecule has 2 heterocycles. The smallest absolute Gasteiger partial charge is 0.323 e. The second-order valence-corrected chi connectivity index (χ2v) is 8.15. The molecule has 2 aliphatic rings. The largest absolute Gasteiger partial charge is 0.380 e. The second kappa shape index (κ2) is 7.05. The molecule has 1 saturated heterocycles. The number of aromatic nitrogens is 2. The molecule has 160 valence electrons. The Morgan fingerprint density at radius 2 is 1.61 bits per heavy atom. The summed E-state index contributed by atoms with van der Waals surface area (Å²) in [5.41, 5.74) is 0.960. The minimum atomic E-state index is -1.19. The number of H-pyrrole nitrogens is 2. The topological polar surface area (TPSA) is 109 Å². The summed E-state index contributed by atoms with van der Waals surface area (Å²) in [4.78, 5) is 45.2. The summed E-state index contributed by atoms with van der Waals surface area (Å²) in [7, 11) is 0. The molecule has 2 amide bonds. The number of rotatable bonds is 3. The van der Waals surface area contributed by atoms with Gasteiger partial charge in [-0.15, -0.1) is 0 Å². The number of imidazole rings is 1. The highest BCUT2D eigenvalue weighted by Crippen LogP contribution is 2.37. The molecule has 1 saturated carbocycles. The van der Waals surface area contributed by atoms with Crippen molar-refractivity contribution in [3.63, 3.8) is 0 Å². The molecule has 31 heavy (non-hydrogen) atoms. The molecule has 0 unspecified atom stereocenters. The minimum absolute atomic E-state index is 0.150. The van der Waals surface area contributed by atoms with Gasteiger partial charge in [0.15, 0.2) is 0 Å². The van der Waals surface area contributed by atoms with Crippen LogP contribution in [-0.2, 0) is 4.79 Å². The van der Waals surface area contributed by atoms with Gasteiger partial charge in [0.1, 0.15) is 11.4 Å². The Hall–Kier alpha value is -3.46. The van der Waals surface area contributed by atoms with Crippen LogP contribution in [0.2, 0.25) is 0 Å². The average molecular weight is 424 g/mol. The maximum atomic E-state index is 14.0. The lowest BCUT2D eigenvalue weighted by Crippen LogP contribution is -2.53. The van der Waals surface area contributed by atoms with E-state index in [2.05, 4.69) is 9.97 Å². The zero-order valence-electron chi connectivity index (χ0n) is 16.7. The lowest BCUT2D eigenvalue weighted by molar-refractivity contribution is -0.143. The molecule has 3 N–H and O–H groups in total. The summed E-state index contributed by atoms with van der Waals surface area (Å²) in [5.74, 6) is -0.863. The zero-order valence-corrected chi connectivity index (χ0v) is 16.7. The fourth-order valence-electron chi connectivity index (χ4n) is 4.05. The van der Waals surface area contributed by atoms with E-state index in [1.807, 2.05) is 0 Å². The maximum absolute atomic E-state index is 14.0. The van der Waals surface area contributed by atoms with Gasteiger partial charge in [-0.25, -0.2) is 9.18 Å². The van der Waals surface area contributed by atoms with Gasteiger partial charge in [-0.3, -0.25) is 9.59 Å². The molecule has 2 fully saturated rings. The Bertz CT molecular complexity index is 1230. The second-order valence-electron chi connectivity index (χ2n) is 8.15. The van der Waals surface area contributed by atoms with E-state index < -0.39 is 17.1 Å². The molecular weight excluding hydrogens is 403 g/mol. The molecule has 0 bridgehead atoms. The fourth-order valence-corrected chi connectivity index (χ4v) is 4.05. The summed E-state index contributed by atoms with van der Waals surface area (Å²) >= 11 is 0. The Labute approximate surface area is 176 Å². The molecule has 2 aromatic carbocycles.